The van der Waals surface area contributed by atoms with Crippen molar-refractivity contribution in [2.24, 2.45) is 0 Å². The third kappa shape index (κ3) is 4.55. The number of carbonyl (C=O) groups is 1. The zero-order valence-corrected chi connectivity index (χ0v) is 13.8. The number of carbonyl (C=O) groups excluding carboxylic acids is 1. The zero-order valence-electron chi connectivity index (χ0n) is 12.3. The number of nitrogens with one attached hydrogen (secondary N) is 1. The van der Waals surface area contributed by atoms with Crippen LogP contribution in [0.2, 0.25) is 10.0 Å². The summed E-state index contributed by atoms with van der Waals surface area (Å²) in [4.78, 5) is 12.1. The molecule has 0 heterocycles. The average Bonchev–Trinajstić information content (AvgIpc) is 2.50. The van der Waals surface area contributed by atoms with Crippen LogP contribution in [0.1, 0.15) is 12.5 Å². The molecule has 0 spiro atoms. The number of rotatable bonds is 4. The van der Waals surface area contributed by atoms with E-state index in [9.17, 15) is 18.0 Å². The van der Waals surface area contributed by atoms with Gasteiger partial charge in [-0.2, -0.15) is 13.2 Å². The molecule has 0 aliphatic carbocycles. The first kappa shape index (κ1) is 18.4. The lowest BCUT2D eigenvalue weighted by atomic mass is 10.1. The Bertz CT molecular complexity index is 750. The molecular formula is C16H12Cl2F3NO2. The van der Waals surface area contributed by atoms with E-state index in [1.807, 2.05) is 0 Å². The highest BCUT2D eigenvalue weighted by Gasteiger charge is 2.34. The quantitative estimate of drug-likeness (QED) is 0.772. The fraction of sp³-hybridized carbons (Fsp3) is 0.188. The second kappa shape index (κ2) is 7.32. The first-order chi connectivity index (χ1) is 11.2. The maximum atomic E-state index is 12.9. The Morgan fingerprint density at radius 1 is 1.12 bits per heavy atom. The molecule has 0 aromatic heterocycles. The van der Waals surface area contributed by atoms with Crippen LogP contribution < -0.4 is 10.1 Å². The summed E-state index contributed by atoms with van der Waals surface area (Å²) in [6, 6.07) is 9.11. The minimum Gasteiger partial charge on any atom is -0.481 e. The summed E-state index contributed by atoms with van der Waals surface area (Å²) in [6.45, 7) is 1.41. The van der Waals surface area contributed by atoms with Crippen LogP contribution in [-0.4, -0.2) is 12.0 Å². The number of hydrogen-bond acceptors (Lipinski definition) is 2. The maximum Gasteiger partial charge on any atom is 0.418 e. The molecular weight excluding hydrogens is 366 g/mol. The third-order valence-corrected chi connectivity index (χ3v) is 3.80. The molecule has 2 aromatic carbocycles. The van der Waals surface area contributed by atoms with E-state index in [1.165, 1.54) is 43.3 Å². The predicted molar refractivity (Wildman–Crippen MR) is 86.6 cm³/mol. The summed E-state index contributed by atoms with van der Waals surface area (Å²) < 4.78 is 44.1. The van der Waals surface area contributed by atoms with Crippen LogP contribution in [0.5, 0.6) is 5.75 Å². The van der Waals surface area contributed by atoms with Gasteiger partial charge < -0.3 is 10.1 Å². The maximum absolute atomic E-state index is 12.9. The third-order valence-electron chi connectivity index (χ3n) is 3.06. The molecule has 2 aromatic rings. The topological polar surface area (TPSA) is 38.3 Å². The molecule has 128 valence electrons. The van der Waals surface area contributed by atoms with E-state index in [0.29, 0.717) is 5.02 Å². The number of anilines is 1. The molecule has 0 aliphatic heterocycles. The van der Waals surface area contributed by atoms with E-state index < -0.39 is 23.8 Å². The summed E-state index contributed by atoms with van der Waals surface area (Å²) in [5.74, 6) is -0.450. The minimum absolute atomic E-state index is 0.240. The number of hydrogen-bond donors (Lipinski definition) is 1. The Morgan fingerprint density at radius 3 is 2.42 bits per heavy atom. The molecule has 0 saturated heterocycles. The first-order valence-corrected chi connectivity index (χ1v) is 7.53. The lowest BCUT2D eigenvalue weighted by Gasteiger charge is -2.17. The van der Waals surface area contributed by atoms with Gasteiger partial charge in [0.25, 0.3) is 5.91 Å². The van der Waals surface area contributed by atoms with Gasteiger partial charge >= 0.3 is 6.18 Å². The predicted octanol–water partition coefficient (Wildman–Crippen LogP) is 5.42. The smallest absolute Gasteiger partial charge is 0.418 e. The molecule has 8 heteroatoms. The summed E-state index contributed by atoms with van der Waals surface area (Å²) in [7, 11) is 0. The van der Waals surface area contributed by atoms with Crippen molar-refractivity contribution in [2.45, 2.75) is 19.2 Å². The molecule has 24 heavy (non-hydrogen) atoms. The fourth-order valence-corrected chi connectivity index (χ4v) is 2.17. The van der Waals surface area contributed by atoms with Crippen molar-refractivity contribution in [1.29, 1.82) is 0 Å². The number of benzene rings is 2. The first-order valence-electron chi connectivity index (χ1n) is 6.77. The van der Waals surface area contributed by atoms with Gasteiger partial charge in [-0.05, 0) is 31.2 Å². The molecule has 1 amide bonds. The van der Waals surface area contributed by atoms with Crippen molar-refractivity contribution in [1.82, 2.24) is 0 Å². The molecule has 3 nitrogen and oxygen atoms in total. The van der Waals surface area contributed by atoms with Crippen LogP contribution in [-0.2, 0) is 11.0 Å². The van der Waals surface area contributed by atoms with Crippen molar-refractivity contribution in [3.8, 4) is 5.75 Å². The van der Waals surface area contributed by atoms with Gasteiger partial charge in [0.1, 0.15) is 5.75 Å². The van der Waals surface area contributed by atoms with Crippen LogP contribution in [0.3, 0.4) is 0 Å². The van der Waals surface area contributed by atoms with Crippen molar-refractivity contribution in [2.75, 3.05) is 5.32 Å². The lowest BCUT2D eigenvalue weighted by molar-refractivity contribution is -0.137. The van der Waals surface area contributed by atoms with Gasteiger partial charge in [-0.25, -0.2) is 0 Å². The Labute approximate surface area is 146 Å². The highest BCUT2D eigenvalue weighted by molar-refractivity contribution is 6.42. The van der Waals surface area contributed by atoms with E-state index in [4.69, 9.17) is 27.9 Å². The van der Waals surface area contributed by atoms with E-state index in [-0.39, 0.29) is 16.5 Å². The lowest BCUT2D eigenvalue weighted by Crippen LogP contribution is -2.31. The van der Waals surface area contributed by atoms with E-state index in [1.54, 1.807) is 0 Å². The van der Waals surface area contributed by atoms with Crippen LogP contribution in [0.4, 0.5) is 18.9 Å². The van der Waals surface area contributed by atoms with Crippen LogP contribution >= 0.6 is 23.2 Å². The van der Waals surface area contributed by atoms with Gasteiger partial charge in [0.15, 0.2) is 6.10 Å². The molecule has 1 N–H and O–H groups in total. The van der Waals surface area contributed by atoms with Gasteiger partial charge in [-0.3, -0.25) is 4.79 Å². The normalized spacial score (nSPS) is 12.6. The fourth-order valence-electron chi connectivity index (χ4n) is 1.88. The number of ether oxygens (including phenoxy) is 1. The average molecular weight is 378 g/mol. The van der Waals surface area contributed by atoms with Crippen LogP contribution in [0.15, 0.2) is 42.5 Å². The van der Waals surface area contributed by atoms with Gasteiger partial charge in [-0.1, -0.05) is 35.3 Å². The summed E-state index contributed by atoms with van der Waals surface area (Å²) in [6.07, 6.45) is -5.61. The molecule has 2 rings (SSSR count). The van der Waals surface area contributed by atoms with Gasteiger partial charge in [0, 0.05) is 6.07 Å². The van der Waals surface area contributed by atoms with Crippen molar-refractivity contribution in [3.05, 3.63) is 58.1 Å². The van der Waals surface area contributed by atoms with Crippen molar-refractivity contribution >= 4 is 34.8 Å². The van der Waals surface area contributed by atoms with E-state index in [0.717, 1.165) is 6.07 Å². The summed E-state index contributed by atoms with van der Waals surface area (Å²) >= 11 is 11.6. The Kier molecular flexibility index (Phi) is 5.62. The SMILES string of the molecule is CC(Oc1ccc(Cl)c(Cl)c1)C(=O)Nc1ccccc1C(F)(F)F. The number of para-hydroxylation sites is 1. The van der Waals surface area contributed by atoms with Gasteiger partial charge in [0.05, 0.1) is 21.3 Å². The highest BCUT2D eigenvalue weighted by Crippen LogP contribution is 2.34. The van der Waals surface area contributed by atoms with Crippen LogP contribution in [0.25, 0.3) is 0 Å². The number of halogens is 5. The highest BCUT2D eigenvalue weighted by atomic mass is 35.5. The van der Waals surface area contributed by atoms with Crippen molar-refractivity contribution in [3.63, 3.8) is 0 Å². The van der Waals surface area contributed by atoms with E-state index >= 15 is 0 Å². The number of amides is 1. The van der Waals surface area contributed by atoms with Crippen molar-refractivity contribution < 1.29 is 22.7 Å². The Morgan fingerprint density at radius 2 is 1.79 bits per heavy atom. The molecule has 1 atom stereocenters. The molecule has 0 radical (unpaired) electrons. The van der Waals surface area contributed by atoms with Gasteiger partial charge in [0.2, 0.25) is 0 Å². The molecule has 0 fully saturated rings. The van der Waals surface area contributed by atoms with E-state index in [2.05, 4.69) is 5.32 Å². The van der Waals surface area contributed by atoms with Crippen LogP contribution in [0, 0.1) is 0 Å². The Balaban J connectivity index is 2.11. The summed E-state index contributed by atoms with van der Waals surface area (Å²) in [5, 5.41) is 2.78. The zero-order chi connectivity index (χ0) is 17.9. The van der Waals surface area contributed by atoms with Gasteiger partial charge in [-0.15, -0.1) is 0 Å². The standard InChI is InChI=1S/C16H12Cl2F3NO2/c1-9(24-10-6-7-12(17)13(18)8-10)15(23)22-14-5-3-2-4-11(14)16(19,20)21/h2-9H,1H3,(H,22,23). The minimum atomic E-state index is -4.57. The largest absolute Gasteiger partial charge is 0.481 e. The second-order valence-corrected chi connectivity index (χ2v) is 5.68. The second-order valence-electron chi connectivity index (χ2n) is 4.87. The molecule has 1 unspecified atom stereocenters. The Hall–Kier alpha value is -1.92. The molecule has 0 bridgehead atoms. The molecule has 0 saturated carbocycles. The monoisotopic (exact) mass is 377 g/mol. The number of alkyl halides is 3. The molecule has 0 aliphatic rings. The summed E-state index contributed by atoms with van der Waals surface area (Å²) in [5.41, 5.74) is -1.26.